The van der Waals surface area contributed by atoms with E-state index in [1.54, 1.807) is 19.2 Å². The van der Waals surface area contributed by atoms with Crippen molar-refractivity contribution in [1.82, 2.24) is 5.32 Å². The maximum absolute atomic E-state index is 9.14. The van der Waals surface area contributed by atoms with Gasteiger partial charge in [-0.1, -0.05) is 12.1 Å². The summed E-state index contributed by atoms with van der Waals surface area (Å²) < 4.78 is 5.02. The molecule has 3 heteroatoms. The second-order valence-corrected chi connectivity index (χ2v) is 4.05. The molecule has 0 bridgehead atoms. The van der Waals surface area contributed by atoms with Crippen molar-refractivity contribution in [3.05, 3.63) is 29.8 Å². The summed E-state index contributed by atoms with van der Waals surface area (Å²) >= 11 is 0. The Labute approximate surface area is 97.4 Å². The monoisotopic (exact) mass is 223 g/mol. The van der Waals surface area contributed by atoms with E-state index in [0.717, 1.165) is 26.0 Å². The number of phenols is 1. The first-order valence-electron chi connectivity index (χ1n) is 5.72. The molecule has 0 aromatic heterocycles. The highest BCUT2D eigenvalue weighted by atomic mass is 16.5. The van der Waals surface area contributed by atoms with Crippen molar-refractivity contribution in [2.45, 2.75) is 25.8 Å². The Morgan fingerprint density at radius 3 is 2.62 bits per heavy atom. The van der Waals surface area contributed by atoms with Gasteiger partial charge >= 0.3 is 0 Å². The van der Waals surface area contributed by atoms with E-state index in [1.807, 2.05) is 12.1 Å². The van der Waals surface area contributed by atoms with Crippen LogP contribution in [0.4, 0.5) is 0 Å². The normalized spacial score (nSPS) is 12.6. The number of methoxy groups -OCH3 is 1. The van der Waals surface area contributed by atoms with Crippen molar-refractivity contribution in [2.75, 3.05) is 20.3 Å². The fraction of sp³-hybridized carbons (Fsp3) is 0.538. The fourth-order valence-corrected chi connectivity index (χ4v) is 1.52. The molecular formula is C13H21NO2. The highest BCUT2D eigenvalue weighted by molar-refractivity contribution is 5.25. The van der Waals surface area contributed by atoms with Gasteiger partial charge in [-0.15, -0.1) is 0 Å². The molecule has 1 atom stereocenters. The maximum Gasteiger partial charge on any atom is 0.115 e. The van der Waals surface area contributed by atoms with Crippen molar-refractivity contribution in [1.29, 1.82) is 0 Å². The molecule has 1 rings (SSSR count). The molecule has 3 nitrogen and oxygen atoms in total. The third-order valence-electron chi connectivity index (χ3n) is 2.60. The van der Waals surface area contributed by atoms with Gasteiger partial charge in [-0.05, 0) is 44.0 Å². The predicted octanol–water partition coefficient (Wildman–Crippen LogP) is 1.95. The third-order valence-corrected chi connectivity index (χ3v) is 2.60. The van der Waals surface area contributed by atoms with Crippen LogP contribution in [0.25, 0.3) is 0 Å². The molecule has 0 spiro atoms. The van der Waals surface area contributed by atoms with E-state index in [1.165, 1.54) is 5.56 Å². The Morgan fingerprint density at radius 2 is 2.00 bits per heavy atom. The molecule has 0 saturated carbocycles. The minimum Gasteiger partial charge on any atom is -0.508 e. The summed E-state index contributed by atoms with van der Waals surface area (Å²) in [6.45, 7) is 3.92. The van der Waals surface area contributed by atoms with Crippen LogP contribution in [-0.2, 0) is 11.2 Å². The van der Waals surface area contributed by atoms with E-state index in [0.29, 0.717) is 11.8 Å². The Bertz CT molecular complexity index is 284. The summed E-state index contributed by atoms with van der Waals surface area (Å²) in [6.07, 6.45) is 2.02. The van der Waals surface area contributed by atoms with Crippen LogP contribution >= 0.6 is 0 Å². The third kappa shape index (κ3) is 5.14. The van der Waals surface area contributed by atoms with Gasteiger partial charge in [0.1, 0.15) is 5.75 Å². The summed E-state index contributed by atoms with van der Waals surface area (Å²) in [5.74, 6) is 0.324. The topological polar surface area (TPSA) is 41.5 Å². The predicted molar refractivity (Wildman–Crippen MR) is 65.8 cm³/mol. The number of aromatic hydroxyl groups is 1. The average molecular weight is 223 g/mol. The van der Waals surface area contributed by atoms with Crippen LogP contribution in [0.2, 0.25) is 0 Å². The minimum absolute atomic E-state index is 0.324. The molecular weight excluding hydrogens is 202 g/mol. The minimum atomic E-state index is 0.324. The molecule has 0 saturated heterocycles. The van der Waals surface area contributed by atoms with Crippen LogP contribution in [0.1, 0.15) is 18.9 Å². The number of hydrogen-bond donors (Lipinski definition) is 2. The van der Waals surface area contributed by atoms with Gasteiger partial charge in [-0.25, -0.2) is 0 Å². The first-order valence-corrected chi connectivity index (χ1v) is 5.72. The SMILES string of the molecule is COCCC(C)NCCc1ccc(O)cc1. The van der Waals surface area contributed by atoms with Gasteiger partial charge in [0.05, 0.1) is 0 Å². The summed E-state index contributed by atoms with van der Waals surface area (Å²) in [4.78, 5) is 0. The Kier molecular flexibility index (Phi) is 5.90. The number of nitrogens with one attached hydrogen (secondary N) is 1. The van der Waals surface area contributed by atoms with Gasteiger partial charge in [0.25, 0.3) is 0 Å². The molecule has 0 radical (unpaired) electrons. The smallest absolute Gasteiger partial charge is 0.115 e. The van der Waals surface area contributed by atoms with Gasteiger partial charge in [0, 0.05) is 19.8 Å². The highest BCUT2D eigenvalue weighted by Crippen LogP contribution is 2.09. The molecule has 16 heavy (non-hydrogen) atoms. The van der Waals surface area contributed by atoms with E-state index in [2.05, 4.69) is 12.2 Å². The lowest BCUT2D eigenvalue weighted by Crippen LogP contribution is -2.29. The van der Waals surface area contributed by atoms with Crippen molar-refractivity contribution in [3.63, 3.8) is 0 Å². The van der Waals surface area contributed by atoms with Crippen LogP contribution in [-0.4, -0.2) is 31.4 Å². The average Bonchev–Trinajstić information content (AvgIpc) is 2.29. The zero-order valence-electron chi connectivity index (χ0n) is 10.1. The summed E-state index contributed by atoms with van der Waals surface area (Å²) in [5.41, 5.74) is 1.24. The molecule has 0 aliphatic carbocycles. The van der Waals surface area contributed by atoms with E-state index >= 15 is 0 Å². The summed E-state index contributed by atoms with van der Waals surface area (Å²) in [7, 11) is 1.73. The highest BCUT2D eigenvalue weighted by Gasteiger charge is 2.00. The molecule has 1 aromatic carbocycles. The molecule has 2 N–H and O–H groups in total. The number of phenolic OH excluding ortho intramolecular Hbond substituents is 1. The number of benzene rings is 1. The van der Waals surface area contributed by atoms with Gasteiger partial charge in [0.15, 0.2) is 0 Å². The first-order chi connectivity index (χ1) is 7.72. The zero-order valence-corrected chi connectivity index (χ0v) is 10.1. The Morgan fingerprint density at radius 1 is 1.31 bits per heavy atom. The number of hydrogen-bond acceptors (Lipinski definition) is 3. The summed E-state index contributed by atoms with van der Waals surface area (Å²) in [6, 6.07) is 7.85. The summed E-state index contributed by atoms with van der Waals surface area (Å²) in [5, 5.41) is 12.6. The van der Waals surface area contributed by atoms with E-state index in [-0.39, 0.29) is 0 Å². The quantitative estimate of drug-likeness (QED) is 0.742. The molecule has 0 fully saturated rings. The molecule has 0 aliphatic heterocycles. The van der Waals surface area contributed by atoms with Crippen LogP contribution in [0.5, 0.6) is 5.75 Å². The van der Waals surface area contributed by atoms with Crippen molar-refractivity contribution in [2.24, 2.45) is 0 Å². The van der Waals surface area contributed by atoms with Gasteiger partial charge in [-0.3, -0.25) is 0 Å². The van der Waals surface area contributed by atoms with E-state index < -0.39 is 0 Å². The number of rotatable bonds is 7. The van der Waals surface area contributed by atoms with Gasteiger partial charge < -0.3 is 15.2 Å². The van der Waals surface area contributed by atoms with Crippen molar-refractivity contribution < 1.29 is 9.84 Å². The first kappa shape index (κ1) is 13.0. The van der Waals surface area contributed by atoms with Crippen LogP contribution in [0, 0.1) is 0 Å². The molecule has 1 unspecified atom stereocenters. The van der Waals surface area contributed by atoms with E-state index in [9.17, 15) is 0 Å². The van der Waals surface area contributed by atoms with Crippen LogP contribution in [0.15, 0.2) is 24.3 Å². The fourth-order valence-electron chi connectivity index (χ4n) is 1.52. The lowest BCUT2D eigenvalue weighted by atomic mass is 10.1. The maximum atomic E-state index is 9.14. The lowest BCUT2D eigenvalue weighted by molar-refractivity contribution is 0.185. The molecule has 0 amide bonds. The second-order valence-electron chi connectivity index (χ2n) is 4.05. The van der Waals surface area contributed by atoms with Crippen molar-refractivity contribution in [3.8, 4) is 5.75 Å². The lowest BCUT2D eigenvalue weighted by Gasteiger charge is -2.12. The van der Waals surface area contributed by atoms with Crippen molar-refractivity contribution >= 4 is 0 Å². The molecule has 0 heterocycles. The molecule has 1 aromatic rings. The number of ether oxygens (including phenoxy) is 1. The Hall–Kier alpha value is -1.06. The zero-order chi connectivity index (χ0) is 11.8. The molecule has 90 valence electrons. The van der Waals surface area contributed by atoms with Crippen LogP contribution in [0.3, 0.4) is 0 Å². The van der Waals surface area contributed by atoms with Gasteiger partial charge in [0.2, 0.25) is 0 Å². The standard InChI is InChI=1S/C13H21NO2/c1-11(8-10-16-2)14-9-7-12-3-5-13(15)6-4-12/h3-6,11,14-15H,7-10H2,1-2H3. The van der Waals surface area contributed by atoms with E-state index in [4.69, 9.17) is 9.84 Å². The van der Waals surface area contributed by atoms with Crippen LogP contribution < -0.4 is 5.32 Å². The molecule has 0 aliphatic rings. The second kappa shape index (κ2) is 7.25. The largest absolute Gasteiger partial charge is 0.508 e. The Balaban J connectivity index is 2.17. The van der Waals surface area contributed by atoms with Gasteiger partial charge in [-0.2, -0.15) is 0 Å².